The van der Waals surface area contributed by atoms with E-state index in [0.717, 1.165) is 68.5 Å². The fourth-order valence-electron chi connectivity index (χ4n) is 4.85. The van der Waals surface area contributed by atoms with Crippen LogP contribution in [0.5, 0.6) is 17.2 Å². The van der Waals surface area contributed by atoms with Crippen LogP contribution in [0.1, 0.15) is 49.0 Å². The van der Waals surface area contributed by atoms with Crippen LogP contribution in [0.3, 0.4) is 0 Å². The molecule has 6 heteroatoms. The summed E-state index contributed by atoms with van der Waals surface area (Å²) in [6.45, 7) is 10.6. The second-order valence-electron chi connectivity index (χ2n) is 9.98. The van der Waals surface area contributed by atoms with Crippen LogP contribution in [0.15, 0.2) is 66.7 Å². The summed E-state index contributed by atoms with van der Waals surface area (Å²) >= 11 is 0. The van der Waals surface area contributed by atoms with Crippen molar-refractivity contribution < 1.29 is 18.6 Å². The molecule has 5 rings (SSSR count). The van der Waals surface area contributed by atoms with E-state index in [2.05, 4.69) is 47.9 Å². The highest BCUT2D eigenvalue weighted by Gasteiger charge is 2.21. The molecular weight excluding hydrogens is 455 g/mol. The molecule has 2 aliphatic rings. The standard InChI is InChI=1S/C30H35FN2O3/c1-22(2)25-4-3-5-27(19-25)36-28(24-7-9-26(31)10-8-24)12-13-32-14-16-33(17-15-32)20-23-6-11-29-30(18-23)35-21-34-29/h3-11,18-19,22,28H,12-17,20-21H2,1-2H3. The van der Waals surface area contributed by atoms with Gasteiger partial charge in [-0.25, -0.2) is 4.39 Å². The Morgan fingerprint density at radius 1 is 0.833 bits per heavy atom. The second-order valence-corrected chi connectivity index (χ2v) is 9.98. The third-order valence-electron chi connectivity index (χ3n) is 7.06. The minimum Gasteiger partial charge on any atom is -0.486 e. The zero-order chi connectivity index (χ0) is 24.9. The highest BCUT2D eigenvalue weighted by atomic mass is 19.1. The maximum Gasteiger partial charge on any atom is 0.231 e. The predicted molar refractivity (Wildman–Crippen MR) is 139 cm³/mol. The minimum absolute atomic E-state index is 0.125. The minimum atomic E-state index is -0.224. The van der Waals surface area contributed by atoms with Gasteiger partial charge in [0.05, 0.1) is 0 Å². The number of nitrogens with zero attached hydrogens (tertiary/aromatic N) is 2. The number of hydrogen-bond acceptors (Lipinski definition) is 5. The van der Waals surface area contributed by atoms with Gasteiger partial charge in [0.25, 0.3) is 0 Å². The molecule has 0 amide bonds. The number of halogens is 1. The molecule has 2 heterocycles. The lowest BCUT2D eigenvalue weighted by Gasteiger charge is -2.35. The molecule has 2 aliphatic heterocycles. The molecule has 1 fully saturated rings. The molecule has 3 aromatic rings. The lowest BCUT2D eigenvalue weighted by molar-refractivity contribution is 0.106. The molecule has 36 heavy (non-hydrogen) atoms. The van der Waals surface area contributed by atoms with Gasteiger partial charge in [-0.1, -0.05) is 44.2 Å². The highest BCUT2D eigenvalue weighted by Crippen LogP contribution is 2.33. The van der Waals surface area contributed by atoms with Crippen LogP contribution in [0, 0.1) is 5.82 Å². The zero-order valence-electron chi connectivity index (χ0n) is 21.2. The van der Waals surface area contributed by atoms with E-state index < -0.39 is 0 Å². The van der Waals surface area contributed by atoms with Gasteiger partial charge >= 0.3 is 0 Å². The van der Waals surface area contributed by atoms with Gasteiger partial charge in [-0.05, 0) is 59.0 Å². The third kappa shape index (κ3) is 6.18. The number of benzene rings is 3. The number of rotatable bonds is 9. The highest BCUT2D eigenvalue weighted by molar-refractivity contribution is 5.44. The first-order chi connectivity index (χ1) is 17.5. The molecule has 0 bridgehead atoms. The van der Waals surface area contributed by atoms with E-state index in [-0.39, 0.29) is 11.9 Å². The van der Waals surface area contributed by atoms with Crippen LogP contribution < -0.4 is 14.2 Å². The molecule has 0 N–H and O–H groups in total. The molecular formula is C30H35FN2O3. The van der Waals surface area contributed by atoms with Crippen molar-refractivity contribution in [1.29, 1.82) is 0 Å². The van der Waals surface area contributed by atoms with Crippen LogP contribution in [-0.2, 0) is 6.54 Å². The molecule has 1 saturated heterocycles. The lowest BCUT2D eigenvalue weighted by Crippen LogP contribution is -2.46. The van der Waals surface area contributed by atoms with Crippen LogP contribution in [0.25, 0.3) is 0 Å². The van der Waals surface area contributed by atoms with E-state index in [1.54, 1.807) is 0 Å². The van der Waals surface area contributed by atoms with Gasteiger partial charge in [0.2, 0.25) is 6.79 Å². The Labute approximate surface area is 213 Å². The summed E-state index contributed by atoms with van der Waals surface area (Å²) in [4.78, 5) is 4.99. The number of ether oxygens (including phenoxy) is 3. The normalized spacial score (nSPS) is 16.9. The van der Waals surface area contributed by atoms with Crippen molar-refractivity contribution in [1.82, 2.24) is 9.80 Å². The van der Waals surface area contributed by atoms with E-state index in [4.69, 9.17) is 14.2 Å². The number of piperazine rings is 1. The molecule has 1 atom stereocenters. The molecule has 0 aromatic heterocycles. The van der Waals surface area contributed by atoms with E-state index in [1.165, 1.54) is 23.3 Å². The molecule has 0 radical (unpaired) electrons. The van der Waals surface area contributed by atoms with Gasteiger partial charge < -0.3 is 19.1 Å². The first-order valence-corrected chi connectivity index (χ1v) is 12.9. The Morgan fingerprint density at radius 2 is 1.58 bits per heavy atom. The van der Waals surface area contributed by atoms with Gasteiger partial charge in [-0.3, -0.25) is 4.90 Å². The summed E-state index contributed by atoms with van der Waals surface area (Å²) < 4.78 is 31.0. The van der Waals surface area contributed by atoms with Crippen molar-refractivity contribution in [2.24, 2.45) is 0 Å². The summed E-state index contributed by atoms with van der Waals surface area (Å²) in [5, 5.41) is 0. The summed E-state index contributed by atoms with van der Waals surface area (Å²) in [5.74, 6) is 2.75. The summed E-state index contributed by atoms with van der Waals surface area (Å²) in [6.07, 6.45) is 0.722. The Balaban J connectivity index is 1.17. The van der Waals surface area contributed by atoms with Crippen molar-refractivity contribution >= 4 is 0 Å². The SMILES string of the molecule is CC(C)c1cccc(OC(CCN2CCN(Cc3ccc4c(c3)OCO4)CC2)c2ccc(F)cc2)c1. The first-order valence-electron chi connectivity index (χ1n) is 12.9. The van der Waals surface area contributed by atoms with E-state index in [9.17, 15) is 4.39 Å². The Bertz CT molecular complexity index is 1140. The lowest BCUT2D eigenvalue weighted by atomic mass is 10.0. The molecule has 1 unspecified atom stereocenters. The number of fused-ring (bicyclic) bond motifs is 1. The van der Waals surface area contributed by atoms with Gasteiger partial charge in [-0.15, -0.1) is 0 Å². The third-order valence-corrected chi connectivity index (χ3v) is 7.06. The topological polar surface area (TPSA) is 34.2 Å². The molecule has 5 nitrogen and oxygen atoms in total. The van der Waals surface area contributed by atoms with Gasteiger partial charge in [0, 0.05) is 45.7 Å². The quantitative estimate of drug-likeness (QED) is 0.367. The average Bonchev–Trinajstić information content (AvgIpc) is 3.36. The first kappa shape index (κ1) is 24.6. The molecule has 0 aliphatic carbocycles. The zero-order valence-corrected chi connectivity index (χ0v) is 21.2. The van der Waals surface area contributed by atoms with Crippen LogP contribution >= 0.6 is 0 Å². The largest absolute Gasteiger partial charge is 0.486 e. The molecule has 190 valence electrons. The number of hydrogen-bond donors (Lipinski definition) is 0. The summed E-state index contributed by atoms with van der Waals surface area (Å²) in [5.41, 5.74) is 3.51. The van der Waals surface area contributed by atoms with E-state index in [1.807, 2.05) is 30.3 Å². The molecule has 0 spiro atoms. The smallest absolute Gasteiger partial charge is 0.231 e. The van der Waals surface area contributed by atoms with E-state index in [0.29, 0.717) is 12.7 Å². The van der Waals surface area contributed by atoms with Crippen LogP contribution in [0.4, 0.5) is 4.39 Å². The van der Waals surface area contributed by atoms with Crippen LogP contribution in [-0.4, -0.2) is 49.3 Å². The van der Waals surface area contributed by atoms with Gasteiger partial charge in [0.15, 0.2) is 11.5 Å². The van der Waals surface area contributed by atoms with Gasteiger partial charge in [0.1, 0.15) is 17.7 Å². The van der Waals surface area contributed by atoms with Crippen molar-refractivity contribution in [3.63, 3.8) is 0 Å². The maximum absolute atomic E-state index is 13.6. The van der Waals surface area contributed by atoms with Crippen LogP contribution in [0.2, 0.25) is 0 Å². The fourth-order valence-corrected chi connectivity index (χ4v) is 4.85. The second kappa shape index (κ2) is 11.3. The molecule has 3 aromatic carbocycles. The van der Waals surface area contributed by atoms with Gasteiger partial charge in [-0.2, -0.15) is 0 Å². The predicted octanol–water partition coefficient (Wildman–Crippen LogP) is 6.01. The monoisotopic (exact) mass is 490 g/mol. The van der Waals surface area contributed by atoms with E-state index >= 15 is 0 Å². The average molecular weight is 491 g/mol. The summed E-state index contributed by atoms with van der Waals surface area (Å²) in [6, 6.07) is 21.3. The Hall–Kier alpha value is -3.09. The van der Waals surface area contributed by atoms with Crippen molar-refractivity contribution in [3.05, 3.63) is 89.2 Å². The molecule has 0 saturated carbocycles. The maximum atomic E-state index is 13.6. The Kier molecular flexibility index (Phi) is 7.73. The fraction of sp³-hybridized carbons (Fsp3) is 0.400. The Morgan fingerprint density at radius 3 is 2.36 bits per heavy atom. The van der Waals surface area contributed by atoms with Crippen molar-refractivity contribution in [3.8, 4) is 17.2 Å². The van der Waals surface area contributed by atoms with Crippen molar-refractivity contribution in [2.45, 2.75) is 38.8 Å². The summed E-state index contributed by atoms with van der Waals surface area (Å²) in [7, 11) is 0. The van der Waals surface area contributed by atoms with Crippen molar-refractivity contribution in [2.75, 3.05) is 39.5 Å².